The fourth-order valence-electron chi connectivity index (χ4n) is 2.46. The minimum Gasteiger partial charge on any atom is -0.479 e. The summed E-state index contributed by atoms with van der Waals surface area (Å²) in [6, 6.07) is 0. The summed E-state index contributed by atoms with van der Waals surface area (Å²) < 4.78 is 27.1. The van der Waals surface area contributed by atoms with E-state index < -0.39 is 22.9 Å². The highest BCUT2D eigenvalue weighted by Gasteiger charge is 2.66. The standard InChI is InChI=1S/C9H10F2O2/c1-8-3-5(2-6(8)10)4-9(8,11)7(12)13/h2,5H,3-4H2,1H3,(H,12,13). The van der Waals surface area contributed by atoms with Gasteiger partial charge in [0.2, 0.25) is 5.67 Å². The Morgan fingerprint density at radius 2 is 2.31 bits per heavy atom. The summed E-state index contributed by atoms with van der Waals surface area (Å²) in [5.41, 5.74) is -3.83. The molecule has 2 nitrogen and oxygen atoms in total. The highest BCUT2D eigenvalue weighted by molar-refractivity contribution is 5.80. The quantitative estimate of drug-likeness (QED) is 0.683. The molecule has 2 rings (SSSR count). The van der Waals surface area contributed by atoms with Gasteiger partial charge in [0.05, 0.1) is 5.41 Å². The maximum Gasteiger partial charge on any atom is 0.342 e. The lowest BCUT2D eigenvalue weighted by Gasteiger charge is -2.32. The van der Waals surface area contributed by atoms with Crippen LogP contribution in [0.5, 0.6) is 0 Å². The number of hydrogen-bond acceptors (Lipinski definition) is 1. The number of carboxylic acid groups (broad SMARTS) is 1. The number of aliphatic carboxylic acids is 1. The normalized spacial score (nSPS) is 47.9. The maximum atomic E-state index is 13.9. The number of alkyl halides is 1. The van der Waals surface area contributed by atoms with Crippen LogP contribution in [-0.2, 0) is 4.79 Å². The first-order valence-corrected chi connectivity index (χ1v) is 4.20. The molecule has 2 aliphatic carbocycles. The van der Waals surface area contributed by atoms with Gasteiger partial charge in [-0.15, -0.1) is 0 Å². The molecule has 13 heavy (non-hydrogen) atoms. The molecule has 3 unspecified atom stereocenters. The van der Waals surface area contributed by atoms with Crippen LogP contribution in [0.25, 0.3) is 0 Å². The van der Waals surface area contributed by atoms with Crippen LogP contribution in [0, 0.1) is 11.3 Å². The van der Waals surface area contributed by atoms with Gasteiger partial charge in [-0.1, -0.05) is 0 Å². The van der Waals surface area contributed by atoms with Gasteiger partial charge in [-0.3, -0.25) is 0 Å². The second-order valence-corrected chi connectivity index (χ2v) is 4.12. The minimum atomic E-state index is -2.41. The van der Waals surface area contributed by atoms with Crippen molar-refractivity contribution in [1.29, 1.82) is 0 Å². The molecule has 4 heteroatoms. The predicted octanol–water partition coefficient (Wildman–Crippen LogP) is 2.06. The van der Waals surface area contributed by atoms with Crippen molar-refractivity contribution < 1.29 is 18.7 Å². The van der Waals surface area contributed by atoms with Crippen LogP contribution in [-0.4, -0.2) is 16.7 Å². The lowest BCUT2D eigenvalue weighted by molar-refractivity contribution is -0.157. The molecule has 3 atom stereocenters. The molecular formula is C9H10F2O2. The highest BCUT2D eigenvalue weighted by Crippen LogP contribution is 2.61. The third-order valence-electron chi connectivity index (χ3n) is 3.34. The summed E-state index contributed by atoms with van der Waals surface area (Å²) in [6.45, 7) is 1.35. The van der Waals surface area contributed by atoms with Gasteiger partial charge in [0.15, 0.2) is 0 Å². The van der Waals surface area contributed by atoms with Gasteiger partial charge < -0.3 is 5.11 Å². The Morgan fingerprint density at radius 1 is 1.69 bits per heavy atom. The summed E-state index contributed by atoms with van der Waals surface area (Å²) in [5.74, 6) is -2.39. The van der Waals surface area contributed by atoms with Crippen LogP contribution in [0.15, 0.2) is 11.9 Å². The summed E-state index contributed by atoms with van der Waals surface area (Å²) in [6.07, 6.45) is 1.54. The van der Waals surface area contributed by atoms with Crippen LogP contribution >= 0.6 is 0 Å². The summed E-state index contributed by atoms with van der Waals surface area (Å²) in [7, 11) is 0. The van der Waals surface area contributed by atoms with Crippen molar-refractivity contribution in [1.82, 2.24) is 0 Å². The molecule has 0 heterocycles. The van der Waals surface area contributed by atoms with Gasteiger partial charge >= 0.3 is 5.97 Å². The number of carboxylic acids is 1. The summed E-state index contributed by atoms with van der Waals surface area (Å²) in [5, 5.41) is 8.71. The van der Waals surface area contributed by atoms with E-state index in [9.17, 15) is 13.6 Å². The Labute approximate surface area is 74.2 Å². The van der Waals surface area contributed by atoms with Gasteiger partial charge in [-0.25, -0.2) is 13.6 Å². The summed E-state index contributed by atoms with van der Waals surface area (Å²) >= 11 is 0. The van der Waals surface area contributed by atoms with Gasteiger partial charge in [-0.2, -0.15) is 0 Å². The number of halogens is 2. The van der Waals surface area contributed by atoms with Crippen molar-refractivity contribution in [3.05, 3.63) is 11.9 Å². The first kappa shape index (κ1) is 8.66. The van der Waals surface area contributed by atoms with E-state index >= 15 is 0 Å². The van der Waals surface area contributed by atoms with Gasteiger partial charge in [-0.05, 0) is 31.8 Å². The van der Waals surface area contributed by atoms with E-state index in [1.54, 1.807) is 0 Å². The lowest BCUT2D eigenvalue weighted by Crippen LogP contribution is -2.46. The van der Waals surface area contributed by atoms with Crippen LogP contribution in [0.1, 0.15) is 19.8 Å². The number of allylic oxidation sites excluding steroid dienone is 2. The molecule has 1 fully saturated rings. The Balaban J connectivity index is 2.48. The number of carbonyl (C=O) groups is 1. The molecule has 0 radical (unpaired) electrons. The van der Waals surface area contributed by atoms with Crippen LogP contribution < -0.4 is 0 Å². The van der Waals surface area contributed by atoms with Crippen molar-refractivity contribution >= 4 is 5.97 Å². The SMILES string of the molecule is CC12CC(C=C1F)CC2(F)C(=O)O. The van der Waals surface area contributed by atoms with E-state index in [0.717, 1.165) is 0 Å². The molecule has 0 aliphatic heterocycles. The Morgan fingerprint density at radius 3 is 2.62 bits per heavy atom. The van der Waals surface area contributed by atoms with Gasteiger partial charge in [0.25, 0.3) is 0 Å². The average Bonchev–Trinajstić information content (AvgIpc) is 2.39. The predicted molar refractivity (Wildman–Crippen MR) is 41.5 cm³/mol. The number of fused-ring (bicyclic) bond motifs is 2. The van der Waals surface area contributed by atoms with Crippen molar-refractivity contribution in [2.75, 3.05) is 0 Å². The monoisotopic (exact) mass is 188 g/mol. The van der Waals surface area contributed by atoms with E-state index in [-0.39, 0.29) is 18.8 Å². The number of hydrogen-bond donors (Lipinski definition) is 1. The first-order valence-electron chi connectivity index (χ1n) is 4.20. The van der Waals surface area contributed by atoms with Crippen LogP contribution in [0.4, 0.5) is 8.78 Å². The Kier molecular flexibility index (Phi) is 1.40. The number of rotatable bonds is 1. The fourth-order valence-corrected chi connectivity index (χ4v) is 2.46. The smallest absolute Gasteiger partial charge is 0.342 e. The van der Waals surface area contributed by atoms with Crippen LogP contribution in [0.2, 0.25) is 0 Å². The van der Waals surface area contributed by atoms with E-state index in [4.69, 9.17) is 5.11 Å². The summed E-state index contributed by atoms with van der Waals surface area (Å²) in [4.78, 5) is 10.7. The molecule has 2 bridgehead atoms. The molecule has 0 aromatic rings. The molecule has 72 valence electrons. The van der Waals surface area contributed by atoms with Gasteiger partial charge in [0, 0.05) is 0 Å². The third-order valence-corrected chi connectivity index (χ3v) is 3.34. The molecule has 1 N–H and O–H groups in total. The average molecular weight is 188 g/mol. The zero-order valence-corrected chi connectivity index (χ0v) is 7.18. The Hall–Kier alpha value is -0.930. The molecule has 0 aromatic heterocycles. The second-order valence-electron chi connectivity index (χ2n) is 4.12. The van der Waals surface area contributed by atoms with Crippen molar-refractivity contribution in [3.8, 4) is 0 Å². The van der Waals surface area contributed by atoms with E-state index in [1.807, 2.05) is 0 Å². The highest BCUT2D eigenvalue weighted by atomic mass is 19.2. The zero-order valence-electron chi connectivity index (χ0n) is 7.18. The first-order chi connectivity index (χ1) is 5.90. The van der Waals surface area contributed by atoms with Crippen molar-refractivity contribution in [2.24, 2.45) is 11.3 Å². The molecule has 0 aromatic carbocycles. The van der Waals surface area contributed by atoms with E-state index in [2.05, 4.69) is 0 Å². The van der Waals surface area contributed by atoms with Crippen LogP contribution in [0.3, 0.4) is 0 Å². The third kappa shape index (κ3) is 0.785. The molecule has 2 aliphatic rings. The molecular weight excluding hydrogens is 178 g/mol. The second kappa shape index (κ2) is 2.11. The maximum absolute atomic E-state index is 13.9. The topological polar surface area (TPSA) is 37.3 Å². The molecule has 0 saturated heterocycles. The van der Waals surface area contributed by atoms with Crippen molar-refractivity contribution in [3.63, 3.8) is 0 Å². The minimum absolute atomic E-state index is 0.0910. The lowest BCUT2D eigenvalue weighted by atomic mass is 9.76. The van der Waals surface area contributed by atoms with Gasteiger partial charge in [0.1, 0.15) is 5.83 Å². The molecule has 0 spiro atoms. The molecule has 0 amide bonds. The van der Waals surface area contributed by atoms with Crippen molar-refractivity contribution in [2.45, 2.75) is 25.4 Å². The van der Waals surface area contributed by atoms with E-state index in [1.165, 1.54) is 13.0 Å². The fraction of sp³-hybridized carbons (Fsp3) is 0.667. The zero-order chi connectivity index (χ0) is 9.85. The molecule has 1 saturated carbocycles. The largest absolute Gasteiger partial charge is 0.479 e. The van der Waals surface area contributed by atoms with E-state index in [0.29, 0.717) is 0 Å². The Bertz CT molecular complexity index is 311.